The van der Waals surface area contributed by atoms with Crippen LogP contribution in [0.2, 0.25) is 0 Å². The minimum Gasteiger partial charge on any atom is -0.383 e. The molecule has 0 aliphatic rings. The fourth-order valence-corrected chi connectivity index (χ4v) is 2.76. The van der Waals surface area contributed by atoms with Crippen LogP contribution < -0.4 is 10.9 Å². The van der Waals surface area contributed by atoms with E-state index in [2.05, 4.69) is 29.1 Å². The average Bonchev–Trinajstić information content (AvgIpc) is 2.42. The number of nitrogens with zero attached hydrogens (tertiary/aromatic N) is 1. The molecule has 5 nitrogen and oxygen atoms in total. The van der Waals surface area contributed by atoms with Crippen molar-refractivity contribution in [2.75, 3.05) is 26.0 Å². The molecule has 0 saturated heterocycles. The number of methoxy groups -OCH3 is 1. The van der Waals surface area contributed by atoms with E-state index in [1.807, 2.05) is 0 Å². The number of thioether (sulfide) groups is 1. The van der Waals surface area contributed by atoms with Gasteiger partial charge in [-0.1, -0.05) is 32.0 Å². The SMILES string of the molecule is CCCNC(COC)CSc1nc(CCC)cc(=O)[nH]1. The molecule has 1 aromatic heterocycles. The third-order valence-corrected chi connectivity index (χ3v) is 3.79. The van der Waals surface area contributed by atoms with Gasteiger partial charge in [-0.15, -0.1) is 0 Å². The molecule has 1 heterocycles. The highest BCUT2D eigenvalue weighted by Gasteiger charge is 2.09. The summed E-state index contributed by atoms with van der Waals surface area (Å²) in [6, 6.07) is 1.85. The lowest BCUT2D eigenvalue weighted by Gasteiger charge is -2.16. The summed E-state index contributed by atoms with van der Waals surface area (Å²) < 4.78 is 5.21. The number of H-pyrrole nitrogens is 1. The molecule has 6 heteroatoms. The van der Waals surface area contributed by atoms with Gasteiger partial charge in [0.2, 0.25) is 0 Å². The fraction of sp³-hybridized carbons (Fsp3) is 0.714. The van der Waals surface area contributed by atoms with Crippen molar-refractivity contribution in [3.63, 3.8) is 0 Å². The Labute approximate surface area is 124 Å². The number of nitrogens with one attached hydrogen (secondary N) is 2. The van der Waals surface area contributed by atoms with E-state index >= 15 is 0 Å². The van der Waals surface area contributed by atoms with Crippen LogP contribution in [0.4, 0.5) is 0 Å². The Morgan fingerprint density at radius 2 is 2.25 bits per heavy atom. The van der Waals surface area contributed by atoms with Gasteiger partial charge in [-0.3, -0.25) is 4.79 Å². The van der Waals surface area contributed by atoms with Crippen molar-refractivity contribution in [2.24, 2.45) is 0 Å². The van der Waals surface area contributed by atoms with E-state index in [0.717, 1.165) is 37.3 Å². The second-order valence-corrected chi connectivity index (χ2v) is 5.72. The minimum absolute atomic E-state index is 0.0734. The molecule has 2 N–H and O–H groups in total. The van der Waals surface area contributed by atoms with Gasteiger partial charge in [0.05, 0.1) is 6.61 Å². The van der Waals surface area contributed by atoms with Crippen molar-refractivity contribution in [3.05, 3.63) is 22.1 Å². The van der Waals surface area contributed by atoms with E-state index in [9.17, 15) is 4.79 Å². The molecule has 0 aliphatic heterocycles. The molecule has 0 spiro atoms. The number of aryl methyl sites for hydroxylation is 1. The van der Waals surface area contributed by atoms with Gasteiger partial charge in [0, 0.05) is 30.7 Å². The molecule has 1 atom stereocenters. The van der Waals surface area contributed by atoms with Gasteiger partial charge in [-0.25, -0.2) is 4.98 Å². The van der Waals surface area contributed by atoms with Gasteiger partial charge < -0.3 is 15.0 Å². The van der Waals surface area contributed by atoms with E-state index in [4.69, 9.17) is 4.74 Å². The number of aromatic nitrogens is 2. The van der Waals surface area contributed by atoms with Crippen molar-refractivity contribution in [3.8, 4) is 0 Å². The molecular formula is C14H25N3O2S. The van der Waals surface area contributed by atoms with Gasteiger partial charge >= 0.3 is 0 Å². The monoisotopic (exact) mass is 299 g/mol. The highest BCUT2D eigenvalue weighted by atomic mass is 32.2. The van der Waals surface area contributed by atoms with Gasteiger partial charge in [-0.05, 0) is 19.4 Å². The van der Waals surface area contributed by atoms with Crippen LogP contribution in [0, 0.1) is 0 Å². The number of hydrogen-bond acceptors (Lipinski definition) is 5. The summed E-state index contributed by atoms with van der Waals surface area (Å²) in [6.07, 6.45) is 2.92. The van der Waals surface area contributed by atoms with Crippen LogP contribution in [0.5, 0.6) is 0 Å². The zero-order valence-corrected chi connectivity index (χ0v) is 13.4. The maximum Gasteiger partial charge on any atom is 0.251 e. The van der Waals surface area contributed by atoms with Crippen molar-refractivity contribution < 1.29 is 4.74 Å². The van der Waals surface area contributed by atoms with Crippen LogP contribution in [0.3, 0.4) is 0 Å². The standard InChI is InChI=1S/C14H25N3O2S/c1-4-6-11-8-13(18)17-14(16-11)20-10-12(9-19-3)15-7-5-2/h8,12,15H,4-7,9-10H2,1-3H3,(H,16,17,18). The molecular weight excluding hydrogens is 274 g/mol. The number of hydrogen-bond donors (Lipinski definition) is 2. The first-order valence-electron chi connectivity index (χ1n) is 7.14. The molecule has 1 unspecified atom stereocenters. The van der Waals surface area contributed by atoms with Crippen LogP contribution in [0.1, 0.15) is 32.4 Å². The van der Waals surface area contributed by atoms with Crippen molar-refractivity contribution in [2.45, 2.75) is 44.3 Å². The van der Waals surface area contributed by atoms with E-state index in [-0.39, 0.29) is 11.6 Å². The van der Waals surface area contributed by atoms with Crippen LogP contribution in [0.15, 0.2) is 16.0 Å². The third-order valence-electron chi connectivity index (χ3n) is 2.75. The zero-order valence-electron chi connectivity index (χ0n) is 12.6. The molecule has 0 bridgehead atoms. The Hall–Kier alpha value is -0.850. The molecule has 114 valence electrons. The Morgan fingerprint density at radius 1 is 1.45 bits per heavy atom. The van der Waals surface area contributed by atoms with Gasteiger partial charge in [0.25, 0.3) is 5.56 Å². The zero-order chi connectivity index (χ0) is 14.8. The number of ether oxygens (including phenoxy) is 1. The predicted molar refractivity (Wildman–Crippen MR) is 83.5 cm³/mol. The molecule has 0 aliphatic carbocycles. The largest absolute Gasteiger partial charge is 0.383 e. The van der Waals surface area contributed by atoms with E-state index in [0.29, 0.717) is 11.8 Å². The Morgan fingerprint density at radius 3 is 2.90 bits per heavy atom. The lowest BCUT2D eigenvalue weighted by atomic mass is 10.2. The Bertz CT molecular complexity index is 437. The van der Waals surface area contributed by atoms with Crippen molar-refractivity contribution >= 4 is 11.8 Å². The van der Waals surface area contributed by atoms with E-state index in [1.54, 1.807) is 24.9 Å². The molecule has 0 amide bonds. The first-order valence-corrected chi connectivity index (χ1v) is 8.13. The lowest BCUT2D eigenvalue weighted by Crippen LogP contribution is -2.36. The van der Waals surface area contributed by atoms with Crippen molar-refractivity contribution in [1.29, 1.82) is 0 Å². The van der Waals surface area contributed by atoms with Gasteiger partial charge in [-0.2, -0.15) is 0 Å². The molecule has 0 aromatic carbocycles. The van der Waals surface area contributed by atoms with Crippen molar-refractivity contribution in [1.82, 2.24) is 15.3 Å². The second-order valence-electron chi connectivity index (χ2n) is 4.71. The molecule has 0 fully saturated rings. The molecule has 1 rings (SSSR count). The molecule has 0 saturated carbocycles. The average molecular weight is 299 g/mol. The smallest absolute Gasteiger partial charge is 0.251 e. The normalized spacial score (nSPS) is 12.6. The highest BCUT2D eigenvalue weighted by Crippen LogP contribution is 2.13. The molecule has 1 aromatic rings. The van der Waals surface area contributed by atoms with Crippen LogP contribution in [-0.4, -0.2) is 42.0 Å². The van der Waals surface area contributed by atoms with Crippen LogP contribution in [-0.2, 0) is 11.2 Å². The molecule has 20 heavy (non-hydrogen) atoms. The maximum absolute atomic E-state index is 11.6. The lowest BCUT2D eigenvalue weighted by molar-refractivity contribution is 0.174. The summed E-state index contributed by atoms with van der Waals surface area (Å²) in [5.74, 6) is 0.826. The van der Waals surface area contributed by atoms with Gasteiger partial charge in [0.1, 0.15) is 0 Å². The first kappa shape index (κ1) is 17.2. The molecule has 0 radical (unpaired) electrons. The summed E-state index contributed by atoms with van der Waals surface area (Å²) in [7, 11) is 1.70. The summed E-state index contributed by atoms with van der Waals surface area (Å²) in [6.45, 7) is 5.84. The summed E-state index contributed by atoms with van der Waals surface area (Å²) in [5, 5.41) is 4.12. The first-order chi connectivity index (χ1) is 9.69. The number of aromatic amines is 1. The van der Waals surface area contributed by atoms with Crippen LogP contribution in [0.25, 0.3) is 0 Å². The number of rotatable bonds is 10. The predicted octanol–water partition coefficient (Wildman–Crippen LogP) is 1.83. The van der Waals surface area contributed by atoms with E-state index in [1.165, 1.54) is 0 Å². The Balaban J connectivity index is 2.59. The van der Waals surface area contributed by atoms with Crippen LogP contribution >= 0.6 is 11.8 Å². The maximum atomic E-state index is 11.6. The summed E-state index contributed by atoms with van der Waals surface area (Å²) in [4.78, 5) is 18.8. The topological polar surface area (TPSA) is 67.0 Å². The Kier molecular flexibility index (Phi) is 8.57. The second kappa shape index (κ2) is 9.96. The minimum atomic E-state index is -0.0734. The fourth-order valence-electron chi connectivity index (χ4n) is 1.83. The van der Waals surface area contributed by atoms with E-state index < -0.39 is 0 Å². The summed E-state index contributed by atoms with van der Waals surface area (Å²) in [5.41, 5.74) is 0.791. The third kappa shape index (κ3) is 6.54. The quantitative estimate of drug-likeness (QED) is 0.509. The highest BCUT2D eigenvalue weighted by molar-refractivity contribution is 7.99. The van der Waals surface area contributed by atoms with Gasteiger partial charge in [0.15, 0.2) is 5.16 Å². The summed E-state index contributed by atoms with van der Waals surface area (Å²) >= 11 is 1.56.